The number of aryl methyl sites for hydroxylation is 1. The number of hydrogen-bond donors (Lipinski definition) is 2. The molecule has 1 unspecified atom stereocenters. The Morgan fingerprint density at radius 2 is 2.32 bits per heavy atom. The number of fused-ring (bicyclic) bond motifs is 1. The van der Waals surface area contributed by atoms with Crippen molar-refractivity contribution in [2.24, 2.45) is 0 Å². The van der Waals surface area contributed by atoms with Crippen LogP contribution in [0.4, 0.5) is 0 Å². The molecular formula is C16H23N5O. The lowest BCUT2D eigenvalue weighted by atomic mass is 10.1. The number of nitrogens with one attached hydrogen (secondary N) is 2. The van der Waals surface area contributed by atoms with E-state index in [-0.39, 0.29) is 18.0 Å². The molecule has 6 nitrogen and oxygen atoms in total. The Hall–Kier alpha value is -1.95. The SMILES string of the molecule is Cc1cc(C(=O)NC2CCCNC2)c2cnn(C(C)C)c2n1. The van der Waals surface area contributed by atoms with Crippen molar-refractivity contribution in [2.45, 2.75) is 45.7 Å². The lowest BCUT2D eigenvalue weighted by Gasteiger charge is -2.24. The van der Waals surface area contributed by atoms with E-state index in [2.05, 4.69) is 34.6 Å². The van der Waals surface area contributed by atoms with Gasteiger partial charge in [-0.25, -0.2) is 9.67 Å². The monoisotopic (exact) mass is 301 g/mol. The molecule has 1 aliphatic heterocycles. The largest absolute Gasteiger partial charge is 0.348 e. The van der Waals surface area contributed by atoms with Crippen LogP contribution in [0.3, 0.4) is 0 Å². The average molecular weight is 301 g/mol. The molecule has 118 valence electrons. The topological polar surface area (TPSA) is 71.8 Å². The number of hydrogen-bond acceptors (Lipinski definition) is 4. The van der Waals surface area contributed by atoms with E-state index in [1.54, 1.807) is 6.20 Å². The fourth-order valence-electron chi connectivity index (χ4n) is 2.95. The summed E-state index contributed by atoms with van der Waals surface area (Å²) in [4.78, 5) is 17.2. The molecule has 0 saturated carbocycles. The number of carbonyl (C=O) groups is 1. The standard InChI is InChI=1S/C16H23N5O/c1-10(2)21-15-14(9-18-21)13(7-11(3)19-15)16(22)20-12-5-4-6-17-8-12/h7,9-10,12,17H,4-6,8H2,1-3H3,(H,20,22). The highest BCUT2D eigenvalue weighted by molar-refractivity contribution is 6.05. The normalized spacial score (nSPS) is 18.8. The van der Waals surface area contributed by atoms with Gasteiger partial charge in [0.25, 0.3) is 5.91 Å². The fraction of sp³-hybridized carbons (Fsp3) is 0.562. The van der Waals surface area contributed by atoms with E-state index >= 15 is 0 Å². The van der Waals surface area contributed by atoms with Gasteiger partial charge >= 0.3 is 0 Å². The molecule has 0 spiro atoms. The average Bonchev–Trinajstić information content (AvgIpc) is 2.91. The summed E-state index contributed by atoms with van der Waals surface area (Å²) >= 11 is 0. The zero-order chi connectivity index (χ0) is 15.7. The number of piperidine rings is 1. The Morgan fingerprint density at radius 3 is 3.00 bits per heavy atom. The molecule has 0 bridgehead atoms. The lowest BCUT2D eigenvalue weighted by Crippen LogP contribution is -2.45. The minimum Gasteiger partial charge on any atom is -0.348 e. The van der Waals surface area contributed by atoms with Gasteiger partial charge in [-0.3, -0.25) is 4.79 Å². The van der Waals surface area contributed by atoms with Gasteiger partial charge in [0.05, 0.1) is 17.1 Å². The van der Waals surface area contributed by atoms with E-state index < -0.39 is 0 Å². The molecule has 1 amide bonds. The van der Waals surface area contributed by atoms with Crippen LogP contribution in [0.15, 0.2) is 12.3 Å². The second-order valence-corrected chi connectivity index (χ2v) is 6.25. The van der Waals surface area contributed by atoms with Gasteiger partial charge in [0.2, 0.25) is 0 Å². The number of amides is 1. The third kappa shape index (κ3) is 2.83. The van der Waals surface area contributed by atoms with Gasteiger partial charge in [-0.05, 0) is 46.2 Å². The third-order valence-electron chi connectivity index (χ3n) is 4.06. The molecule has 1 saturated heterocycles. The van der Waals surface area contributed by atoms with Gasteiger partial charge in [0.1, 0.15) is 0 Å². The van der Waals surface area contributed by atoms with Gasteiger partial charge in [-0.1, -0.05) is 0 Å². The fourth-order valence-corrected chi connectivity index (χ4v) is 2.95. The van der Waals surface area contributed by atoms with Crippen LogP contribution in [0.5, 0.6) is 0 Å². The Kier molecular flexibility index (Phi) is 4.11. The summed E-state index contributed by atoms with van der Waals surface area (Å²) in [6.45, 7) is 7.90. The molecule has 3 rings (SSSR count). The smallest absolute Gasteiger partial charge is 0.252 e. The minimum absolute atomic E-state index is 0.0347. The van der Waals surface area contributed by atoms with Gasteiger partial charge in [-0.15, -0.1) is 0 Å². The number of carbonyl (C=O) groups excluding carboxylic acids is 1. The maximum Gasteiger partial charge on any atom is 0.252 e. The first-order valence-corrected chi connectivity index (χ1v) is 7.92. The quantitative estimate of drug-likeness (QED) is 0.907. The summed E-state index contributed by atoms with van der Waals surface area (Å²) in [7, 11) is 0. The van der Waals surface area contributed by atoms with Gasteiger partial charge in [-0.2, -0.15) is 5.10 Å². The molecule has 1 fully saturated rings. The van der Waals surface area contributed by atoms with Crippen LogP contribution >= 0.6 is 0 Å². The van der Waals surface area contributed by atoms with Crippen LogP contribution < -0.4 is 10.6 Å². The number of pyridine rings is 1. The van der Waals surface area contributed by atoms with Crippen LogP contribution in [0.1, 0.15) is 48.8 Å². The second kappa shape index (κ2) is 6.04. The maximum atomic E-state index is 12.7. The lowest BCUT2D eigenvalue weighted by molar-refractivity contribution is 0.0932. The zero-order valence-corrected chi connectivity index (χ0v) is 13.4. The Balaban J connectivity index is 1.93. The summed E-state index contributed by atoms with van der Waals surface area (Å²) in [6, 6.07) is 2.26. The minimum atomic E-state index is -0.0347. The van der Waals surface area contributed by atoms with Crippen molar-refractivity contribution in [1.82, 2.24) is 25.4 Å². The zero-order valence-electron chi connectivity index (χ0n) is 13.4. The maximum absolute atomic E-state index is 12.7. The van der Waals surface area contributed by atoms with E-state index in [9.17, 15) is 4.79 Å². The molecule has 1 aliphatic rings. The molecule has 2 N–H and O–H groups in total. The van der Waals surface area contributed by atoms with Crippen LogP contribution in [-0.2, 0) is 0 Å². The van der Waals surface area contributed by atoms with Crippen molar-refractivity contribution in [3.8, 4) is 0 Å². The van der Waals surface area contributed by atoms with Gasteiger partial charge in [0, 0.05) is 24.3 Å². The molecule has 2 aromatic heterocycles. The first-order chi connectivity index (χ1) is 10.6. The molecular weight excluding hydrogens is 278 g/mol. The van der Waals surface area contributed by atoms with Crippen molar-refractivity contribution in [3.05, 3.63) is 23.5 Å². The van der Waals surface area contributed by atoms with E-state index in [1.807, 2.05) is 17.7 Å². The van der Waals surface area contributed by atoms with E-state index in [0.29, 0.717) is 5.56 Å². The predicted octanol–water partition coefficient (Wildman–Crippen LogP) is 1.80. The summed E-state index contributed by atoms with van der Waals surface area (Å²) in [6.07, 6.45) is 3.87. The highest BCUT2D eigenvalue weighted by Crippen LogP contribution is 2.21. The number of nitrogens with zero attached hydrogens (tertiary/aromatic N) is 3. The summed E-state index contributed by atoms with van der Waals surface area (Å²) in [5.41, 5.74) is 2.28. The Morgan fingerprint density at radius 1 is 1.50 bits per heavy atom. The first-order valence-electron chi connectivity index (χ1n) is 7.92. The van der Waals surface area contributed by atoms with Crippen molar-refractivity contribution >= 4 is 16.9 Å². The van der Waals surface area contributed by atoms with Crippen molar-refractivity contribution < 1.29 is 4.79 Å². The van der Waals surface area contributed by atoms with Crippen LogP contribution in [-0.4, -0.2) is 39.8 Å². The molecule has 6 heteroatoms. The number of rotatable bonds is 3. The van der Waals surface area contributed by atoms with Crippen molar-refractivity contribution in [2.75, 3.05) is 13.1 Å². The molecule has 22 heavy (non-hydrogen) atoms. The van der Waals surface area contributed by atoms with Crippen LogP contribution in [0.25, 0.3) is 11.0 Å². The van der Waals surface area contributed by atoms with Crippen molar-refractivity contribution in [3.63, 3.8) is 0 Å². The third-order valence-corrected chi connectivity index (χ3v) is 4.06. The Labute approximate surface area is 130 Å². The molecule has 0 aromatic carbocycles. The summed E-state index contributed by atoms with van der Waals surface area (Å²) in [5, 5.41) is 11.7. The van der Waals surface area contributed by atoms with Crippen molar-refractivity contribution in [1.29, 1.82) is 0 Å². The molecule has 3 heterocycles. The van der Waals surface area contributed by atoms with Gasteiger partial charge < -0.3 is 10.6 Å². The Bertz CT molecular complexity index is 685. The molecule has 0 radical (unpaired) electrons. The second-order valence-electron chi connectivity index (χ2n) is 6.25. The highest BCUT2D eigenvalue weighted by atomic mass is 16.1. The predicted molar refractivity (Wildman–Crippen MR) is 86.0 cm³/mol. The highest BCUT2D eigenvalue weighted by Gasteiger charge is 2.20. The molecule has 1 atom stereocenters. The van der Waals surface area contributed by atoms with E-state index in [4.69, 9.17) is 0 Å². The first kappa shape index (κ1) is 15.0. The van der Waals surface area contributed by atoms with E-state index in [0.717, 1.165) is 42.7 Å². The van der Waals surface area contributed by atoms with Crippen LogP contribution in [0.2, 0.25) is 0 Å². The van der Waals surface area contributed by atoms with Gasteiger partial charge in [0.15, 0.2) is 5.65 Å². The summed E-state index contributed by atoms with van der Waals surface area (Å²) < 4.78 is 1.86. The molecule has 2 aromatic rings. The summed E-state index contributed by atoms with van der Waals surface area (Å²) in [5.74, 6) is -0.0347. The number of aromatic nitrogens is 3. The van der Waals surface area contributed by atoms with E-state index in [1.165, 1.54) is 0 Å². The van der Waals surface area contributed by atoms with Crippen LogP contribution in [0, 0.1) is 6.92 Å². The molecule has 0 aliphatic carbocycles.